The van der Waals surface area contributed by atoms with Gasteiger partial charge in [0.15, 0.2) is 0 Å². The molecule has 0 aliphatic heterocycles. The van der Waals surface area contributed by atoms with Crippen LogP contribution in [0.1, 0.15) is 12.0 Å². The molecule has 0 radical (unpaired) electrons. The van der Waals surface area contributed by atoms with Crippen molar-refractivity contribution in [2.45, 2.75) is 6.42 Å². The zero-order valence-electron chi connectivity index (χ0n) is 9.69. The Labute approximate surface area is 105 Å². The smallest absolute Gasteiger partial charge is 0.0646 e. The van der Waals surface area contributed by atoms with Gasteiger partial charge in [0.25, 0.3) is 0 Å². The molecule has 0 aliphatic rings. The Kier molecular flexibility index (Phi) is 4.02. The number of aromatic nitrogens is 2. The molecule has 0 unspecified atom stereocenters. The normalized spacial score (nSPS) is 9.11. The van der Waals surface area contributed by atoms with Crippen LogP contribution in [0.15, 0.2) is 47.8 Å². The fraction of sp³-hybridized carbons (Fsp3) is 0.154. The molecule has 1 heterocycles. The van der Waals surface area contributed by atoms with Crippen LogP contribution in [0, 0.1) is 11.8 Å². The van der Waals surface area contributed by atoms with Crippen molar-refractivity contribution in [2.75, 3.05) is 6.54 Å². The minimum Gasteiger partial charge on any atom is -0.241 e. The first-order valence-electron chi connectivity index (χ1n) is 5.50. The number of hydrogen-bond acceptors (Lipinski definition) is 2. The molecule has 1 aromatic carbocycles. The highest BCUT2D eigenvalue weighted by atomic mass is 15.3. The topological polar surface area (TPSA) is 66.6 Å². The lowest BCUT2D eigenvalue weighted by Gasteiger charge is -2.00. The molecule has 0 spiro atoms. The molecule has 0 saturated carbocycles. The van der Waals surface area contributed by atoms with Crippen LogP contribution >= 0.6 is 0 Å². The molecule has 18 heavy (non-hydrogen) atoms. The minimum atomic E-state index is 0.412. The van der Waals surface area contributed by atoms with Crippen LogP contribution in [-0.2, 0) is 0 Å². The second-order valence-electron chi connectivity index (χ2n) is 3.50. The molecule has 0 atom stereocenters. The van der Waals surface area contributed by atoms with E-state index in [-0.39, 0.29) is 0 Å². The van der Waals surface area contributed by atoms with E-state index in [1.54, 1.807) is 10.9 Å². The molecule has 5 heteroatoms. The van der Waals surface area contributed by atoms with Gasteiger partial charge in [-0.15, -0.1) is 0 Å². The summed E-state index contributed by atoms with van der Waals surface area (Å²) in [4.78, 5) is 2.67. The average Bonchev–Trinajstić information content (AvgIpc) is 2.93. The fourth-order valence-corrected chi connectivity index (χ4v) is 1.43. The Balaban J connectivity index is 2.02. The van der Waals surface area contributed by atoms with Gasteiger partial charge >= 0.3 is 0 Å². The first-order valence-corrected chi connectivity index (χ1v) is 5.50. The van der Waals surface area contributed by atoms with E-state index in [2.05, 4.69) is 27.0 Å². The van der Waals surface area contributed by atoms with Crippen molar-refractivity contribution in [3.8, 4) is 17.5 Å². The van der Waals surface area contributed by atoms with Crippen molar-refractivity contribution >= 4 is 0 Å². The molecule has 0 amide bonds. The van der Waals surface area contributed by atoms with E-state index in [0.717, 1.165) is 11.3 Å². The Morgan fingerprint density at radius 3 is 2.83 bits per heavy atom. The third kappa shape index (κ3) is 3.14. The van der Waals surface area contributed by atoms with Gasteiger partial charge in [0.1, 0.15) is 0 Å². The van der Waals surface area contributed by atoms with Crippen LogP contribution in [0.5, 0.6) is 0 Å². The van der Waals surface area contributed by atoms with Gasteiger partial charge in [0.05, 0.1) is 5.69 Å². The van der Waals surface area contributed by atoms with E-state index < -0.39 is 0 Å². The van der Waals surface area contributed by atoms with Gasteiger partial charge in [0.2, 0.25) is 0 Å². The van der Waals surface area contributed by atoms with Gasteiger partial charge in [-0.05, 0) is 35.9 Å². The molecule has 2 aromatic rings. The van der Waals surface area contributed by atoms with Gasteiger partial charge in [-0.2, -0.15) is 5.10 Å². The first-order chi connectivity index (χ1) is 8.90. The molecule has 1 aromatic heterocycles. The van der Waals surface area contributed by atoms with Crippen LogP contribution in [0.3, 0.4) is 0 Å². The third-order valence-electron chi connectivity index (χ3n) is 2.27. The number of rotatable bonds is 3. The summed E-state index contributed by atoms with van der Waals surface area (Å²) in [6.07, 6.45) is 4.20. The molecule has 0 N–H and O–H groups in total. The largest absolute Gasteiger partial charge is 0.241 e. The molecular formula is C13H11N5. The second-order valence-corrected chi connectivity index (χ2v) is 3.50. The lowest BCUT2D eigenvalue weighted by Crippen LogP contribution is -1.93. The number of hydrogen-bond donors (Lipinski definition) is 0. The summed E-state index contributed by atoms with van der Waals surface area (Å²) in [6.45, 7) is 0.412. The minimum absolute atomic E-state index is 0.412. The molecule has 2 rings (SSSR count). The predicted molar refractivity (Wildman–Crippen MR) is 69.1 cm³/mol. The average molecular weight is 237 g/mol. The lowest BCUT2D eigenvalue weighted by molar-refractivity contribution is 0.880. The molecular weight excluding hydrogens is 226 g/mol. The van der Waals surface area contributed by atoms with Crippen molar-refractivity contribution in [1.29, 1.82) is 0 Å². The van der Waals surface area contributed by atoms with E-state index >= 15 is 0 Å². The highest BCUT2D eigenvalue weighted by molar-refractivity contribution is 5.41. The second kappa shape index (κ2) is 6.14. The number of azide groups is 1. The summed E-state index contributed by atoms with van der Waals surface area (Å²) < 4.78 is 1.79. The van der Waals surface area contributed by atoms with Crippen molar-refractivity contribution in [3.63, 3.8) is 0 Å². The van der Waals surface area contributed by atoms with Crippen LogP contribution < -0.4 is 0 Å². The Hall–Kier alpha value is -2.70. The number of nitrogens with zero attached hydrogens (tertiary/aromatic N) is 5. The van der Waals surface area contributed by atoms with E-state index in [1.165, 1.54) is 0 Å². The van der Waals surface area contributed by atoms with Gasteiger partial charge in [-0.3, -0.25) is 0 Å². The van der Waals surface area contributed by atoms with Crippen LogP contribution in [0.2, 0.25) is 0 Å². The summed E-state index contributed by atoms with van der Waals surface area (Å²) in [5.74, 6) is 5.97. The lowest BCUT2D eigenvalue weighted by atomic mass is 10.2. The van der Waals surface area contributed by atoms with Crippen molar-refractivity contribution < 1.29 is 0 Å². The van der Waals surface area contributed by atoms with Crippen molar-refractivity contribution in [1.82, 2.24) is 9.78 Å². The van der Waals surface area contributed by atoms with Crippen LogP contribution in [-0.4, -0.2) is 16.3 Å². The highest BCUT2D eigenvalue weighted by Gasteiger charge is 1.94. The van der Waals surface area contributed by atoms with E-state index in [9.17, 15) is 0 Å². The van der Waals surface area contributed by atoms with Crippen LogP contribution in [0.4, 0.5) is 0 Å². The van der Waals surface area contributed by atoms with Crippen molar-refractivity contribution in [2.24, 2.45) is 5.11 Å². The monoisotopic (exact) mass is 237 g/mol. The maximum atomic E-state index is 8.11. The SMILES string of the molecule is [N-]=[N+]=NCCC#Cc1ccc(-n2cccn2)cc1. The number of benzene rings is 1. The quantitative estimate of drug-likeness (QED) is 0.266. The van der Waals surface area contributed by atoms with Gasteiger partial charge < -0.3 is 0 Å². The fourth-order valence-electron chi connectivity index (χ4n) is 1.43. The Morgan fingerprint density at radius 1 is 1.33 bits per heavy atom. The molecule has 0 aliphatic carbocycles. The predicted octanol–water partition coefficient (Wildman–Crippen LogP) is 2.92. The standard InChI is InChI=1S/C13H11N5/c14-17-15-9-2-1-4-12-5-7-13(8-6-12)18-11-3-10-16-18/h3,5-8,10-11H,2,9H2. The highest BCUT2D eigenvalue weighted by Crippen LogP contribution is 2.07. The molecule has 0 fully saturated rings. The maximum absolute atomic E-state index is 8.11. The van der Waals surface area contributed by atoms with Crippen molar-refractivity contribution in [3.05, 3.63) is 58.7 Å². The molecule has 5 nitrogen and oxygen atoms in total. The van der Waals surface area contributed by atoms with Crippen LogP contribution in [0.25, 0.3) is 16.1 Å². The summed E-state index contributed by atoms with van der Waals surface area (Å²) in [5.41, 5.74) is 10.0. The van der Waals surface area contributed by atoms with Gasteiger partial charge in [-0.1, -0.05) is 17.0 Å². The van der Waals surface area contributed by atoms with E-state index in [1.807, 2.05) is 36.5 Å². The first kappa shape index (κ1) is 11.8. The zero-order valence-corrected chi connectivity index (χ0v) is 9.69. The summed E-state index contributed by atoms with van der Waals surface area (Å²) in [7, 11) is 0. The van der Waals surface area contributed by atoms with Gasteiger partial charge in [-0.25, -0.2) is 4.68 Å². The molecule has 0 bridgehead atoms. The Morgan fingerprint density at radius 2 is 2.17 bits per heavy atom. The van der Waals surface area contributed by atoms with E-state index in [0.29, 0.717) is 13.0 Å². The van der Waals surface area contributed by atoms with E-state index in [4.69, 9.17) is 5.53 Å². The molecule has 0 saturated heterocycles. The van der Waals surface area contributed by atoms with Gasteiger partial charge in [0, 0.05) is 35.8 Å². The summed E-state index contributed by atoms with van der Waals surface area (Å²) in [5, 5.41) is 7.56. The summed E-state index contributed by atoms with van der Waals surface area (Å²) >= 11 is 0. The zero-order chi connectivity index (χ0) is 12.6. The maximum Gasteiger partial charge on any atom is 0.0646 e. The summed E-state index contributed by atoms with van der Waals surface area (Å²) in [6, 6.07) is 9.69. The third-order valence-corrected chi connectivity index (χ3v) is 2.27. The molecule has 88 valence electrons. The Bertz CT molecular complexity index is 595.